The Morgan fingerprint density at radius 1 is 1.13 bits per heavy atom. The molecule has 0 aliphatic rings. The van der Waals surface area contributed by atoms with Gasteiger partial charge in [0.2, 0.25) is 0 Å². The number of methoxy groups -OCH3 is 1. The lowest BCUT2D eigenvalue weighted by molar-refractivity contribution is 0.0600. The Bertz CT molecular complexity index is 666. The Labute approximate surface area is 140 Å². The number of allylic oxidation sites excluding steroid dienone is 1. The van der Waals surface area contributed by atoms with Gasteiger partial charge >= 0.3 is 5.97 Å². The third-order valence-electron chi connectivity index (χ3n) is 3.06. The molecule has 1 N–H and O–H groups in total. The van der Waals surface area contributed by atoms with Crippen LogP contribution in [0.25, 0.3) is 0 Å². The van der Waals surface area contributed by atoms with E-state index in [9.17, 15) is 4.79 Å². The molecule has 23 heavy (non-hydrogen) atoms. The number of rotatable bonds is 6. The molecule has 0 amide bonds. The quantitative estimate of drug-likeness (QED) is 0.480. The second kappa shape index (κ2) is 8.25. The van der Waals surface area contributed by atoms with Crippen molar-refractivity contribution in [3.8, 4) is 5.75 Å². The van der Waals surface area contributed by atoms with Crippen molar-refractivity contribution in [1.29, 1.82) is 0 Å². The molecule has 0 aliphatic carbocycles. The van der Waals surface area contributed by atoms with Gasteiger partial charge in [0, 0.05) is 10.7 Å². The summed E-state index contributed by atoms with van der Waals surface area (Å²) in [5.41, 5.74) is 1.37. The summed E-state index contributed by atoms with van der Waals surface area (Å²) in [5, 5.41) is 3.92. The molecule has 0 radical (unpaired) electrons. The van der Waals surface area contributed by atoms with Crippen LogP contribution < -0.4 is 10.1 Å². The van der Waals surface area contributed by atoms with Crippen LogP contribution in [0.3, 0.4) is 0 Å². The summed E-state index contributed by atoms with van der Waals surface area (Å²) >= 11 is 5.88. The number of hydrogen-bond acceptors (Lipinski definition) is 4. The first-order chi connectivity index (χ1) is 11.1. The number of nitrogens with one attached hydrogen (secondary N) is 1. The lowest BCUT2D eigenvalue weighted by Crippen LogP contribution is -2.23. The molecule has 2 aromatic rings. The molecule has 2 aromatic carbocycles. The molecule has 0 aromatic heterocycles. The van der Waals surface area contributed by atoms with Crippen molar-refractivity contribution in [2.24, 2.45) is 0 Å². The summed E-state index contributed by atoms with van der Waals surface area (Å²) in [5.74, 6) is 0.267. The summed E-state index contributed by atoms with van der Waals surface area (Å²) in [7, 11) is 1.35. The summed E-state index contributed by atoms with van der Waals surface area (Å²) in [6, 6.07) is 14.2. The first-order valence-electron chi connectivity index (χ1n) is 7.12. The molecule has 0 spiro atoms. The van der Waals surface area contributed by atoms with Crippen LogP contribution in [0, 0.1) is 0 Å². The second-order valence-electron chi connectivity index (χ2n) is 4.73. The summed E-state index contributed by atoms with van der Waals surface area (Å²) in [6.45, 7) is 1.92. The first kappa shape index (κ1) is 16.9. The summed E-state index contributed by atoms with van der Waals surface area (Å²) in [4.78, 5) is 11.4. The van der Waals surface area contributed by atoms with Crippen molar-refractivity contribution in [2.45, 2.75) is 13.2 Å². The molecule has 1 unspecified atom stereocenters. The Hall–Kier alpha value is -2.46. The highest BCUT2D eigenvalue weighted by Crippen LogP contribution is 2.18. The Morgan fingerprint density at radius 2 is 1.78 bits per heavy atom. The summed E-state index contributed by atoms with van der Waals surface area (Å²) in [6.07, 6.45) is 3.45. The number of anilines is 1. The van der Waals surface area contributed by atoms with Gasteiger partial charge in [-0.05, 0) is 61.5 Å². The van der Waals surface area contributed by atoms with E-state index in [1.807, 2.05) is 43.3 Å². The average Bonchev–Trinajstić information content (AvgIpc) is 2.57. The Kier molecular flexibility index (Phi) is 6.06. The molecule has 0 fully saturated rings. The minimum absolute atomic E-state index is 0.342. The lowest BCUT2D eigenvalue weighted by Gasteiger charge is -2.18. The minimum atomic E-state index is -0.374. The Morgan fingerprint density at radius 3 is 2.35 bits per heavy atom. The predicted molar refractivity (Wildman–Crippen MR) is 92.1 cm³/mol. The molecular formula is C18H18ClNO3. The van der Waals surface area contributed by atoms with E-state index in [1.165, 1.54) is 7.11 Å². The molecule has 0 heterocycles. The van der Waals surface area contributed by atoms with Gasteiger partial charge in [0.1, 0.15) is 5.75 Å². The van der Waals surface area contributed by atoms with E-state index in [1.54, 1.807) is 24.3 Å². The van der Waals surface area contributed by atoms with E-state index in [0.29, 0.717) is 16.3 Å². The largest absolute Gasteiger partial charge is 0.467 e. The number of halogens is 1. The number of hydrogen-bond donors (Lipinski definition) is 1. The van der Waals surface area contributed by atoms with E-state index in [-0.39, 0.29) is 12.2 Å². The van der Waals surface area contributed by atoms with E-state index >= 15 is 0 Å². The molecule has 2 rings (SSSR count). The van der Waals surface area contributed by atoms with E-state index < -0.39 is 0 Å². The molecule has 0 saturated carbocycles. The van der Waals surface area contributed by atoms with E-state index in [4.69, 9.17) is 16.3 Å². The molecular weight excluding hydrogens is 314 g/mol. The zero-order valence-electron chi connectivity index (χ0n) is 13.0. The fourth-order valence-electron chi connectivity index (χ4n) is 1.94. The van der Waals surface area contributed by atoms with Gasteiger partial charge in [-0.15, -0.1) is 0 Å². The summed E-state index contributed by atoms with van der Waals surface area (Å²) < 4.78 is 10.5. The average molecular weight is 332 g/mol. The van der Waals surface area contributed by atoms with Gasteiger partial charge < -0.3 is 14.8 Å². The highest BCUT2D eigenvalue weighted by Gasteiger charge is 2.09. The Balaban J connectivity index is 2.06. The molecule has 1 atom stereocenters. The SMILES string of the molecule is CC=CC(Nc1ccc(Cl)cc1)Oc1ccc(C(=O)OC)cc1. The highest BCUT2D eigenvalue weighted by atomic mass is 35.5. The van der Waals surface area contributed by atoms with Crippen LogP contribution in [-0.2, 0) is 4.74 Å². The number of benzene rings is 2. The van der Waals surface area contributed by atoms with Crippen molar-refractivity contribution in [1.82, 2.24) is 0 Å². The molecule has 5 heteroatoms. The van der Waals surface area contributed by atoms with Crippen LogP contribution in [0.15, 0.2) is 60.7 Å². The lowest BCUT2D eigenvalue weighted by atomic mass is 10.2. The minimum Gasteiger partial charge on any atom is -0.467 e. The van der Waals surface area contributed by atoms with Gasteiger partial charge in [-0.2, -0.15) is 0 Å². The monoisotopic (exact) mass is 331 g/mol. The predicted octanol–water partition coefficient (Wildman–Crippen LogP) is 4.52. The van der Waals surface area contributed by atoms with Gasteiger partial charge in [-0.1, -0.05) is 17.7 Å². The van der Waals surface area contributed by atoms with E-state index in [2.05, 4.69) is 10.1 Å². The molecule has 0 aliphatic heterocycles. The molecule has 0 saturated heterocycles. The number of carbonyl (C=O) groups is 1. The van der Waals surface area contributed by atoms with Crippen molar-refractivity contribution in [2.75, 3.05) is 12.4 Å². The number of esters is 1. The van der Waals surface area contributed by atoms with Gasteiger partial charge in [-0.3, -0.25) is 0 Å². The standard InChI is InChI=1S/C18H18ClNO3/c1-3-4-17(20-15-9-7-14(19)8-10-15)23-16-11-5-13(6-12-16)18(21)22-2/h3-12,17,20H,1-2H3. The smallest absolute Gasteiger partial charge is 0.337 e. The van der Waals surface area contributed by atoms with Crippen LogP contribution in [0.4, 0.5) is 5.69 Å². The molecule has 4 nitrogen and oxygen atoms in total. The molecule has 120 valence electrons. The van der Waals surface area contributed by atoms with Crippen LogP contribution in [-0.4, -0.2) is 19.3 Å². The zero-order valence-corrected chi connectivity index (χ0v) is 13.7. The maximum absolute atomic E-state index is 11.4. The van der Waals surface area contributed by atoms with Crippen LogP contribution in [0.5, 0.6) is 5.75 Å². The maximum Gasteiger partial charge on any atom is 0.337 e. The van der Waals surface area contributed by atoms with Crippen molar-refractivity contribution in [3.63, 3.8) is 0 Å². The third kappa shape index (κ3) is 5.04. The number of ether oxygens (including phenoxy) is 2. The van der Waals surface area contributed by atoms with Gasteiger partial charge in [0.05, 0.1) is 12.7 Å². The normalized spacial score (nSPS) is 12.0. The van der Waals surface area contributed by atoms with Gasteiger partial charge in [0.15, 0.2) is 6.23 Å². The fourth-order valence-corrected chi connectivity index (χ4v) is 2.06. The molecule has 0 bridgehead atoms. The highest BCUT2D eigenvalue weighted by molar-refractivity contribution is 6.30. The first-order valence-corrected chi connectivity index (χ1v) is 7.50. The fraction of sp³-hybridized carbons (Fsp3) is 0.167. The third-order valence-corrected chi connectivity index (χ3v) is 3.31. The second-order valence-corrected chi connectivity index (χ2v) is 5.17. The van der Waals surface area contributed by atoms with Crippen LogP contribution in [0.2, 0.25) is 5.02 Å². The maximum atomic E-state index is 11.4. The van der Waals surface area contributed by atoms with Crippen LogP contribution >= 0.6 is 11.6 Å². The number of carbonyl (C=O) groups excluding carboxylic acids is 1. The van der Waals surface area contributed by atoms with Gasteiger partial charge in [-0.25, -0.2) is 4.79 Å². The van der Waals surface area contributed by atoms with Crippen molar-refractivity contribution < 1.29 is 14.3 Å². The van der Waals surface area contributed by atoms with Crippen LogP contribution in [0.1, 0.15) is 17.3 Å². The van der Waals surface area contributed by atoms with Crippen molar-refractivity contribution >= 4 is 23.3 Å². The zero-order chi connectivity index (χ0) is 16.7. The topological polar surface area (TPSA) is 47.6 Å². The van der Waals surface area contributed by atoms with Crippen molar-refractivity contribution in [3.05, 3.63) is 71.3 Å². The van der Waals surface area contributed by atoms with E-state index in [0.717, 1.165) is 5.69 Å². The van der Waals surface area contributed by atoms with Gasteiger partial charge in [0.25, 0.3) is 0 Å².